The molecule has 0 radical (unpaired) electrons. The van der Waals surface area contributed by atoms with Gasteiger partial charge in [0.2, 0.25) is 0 Å². The Hall–Kier alpha value is -1.83. The van der Waals surface area contributed by atoms with Crippen LogP contribution in [0.2, 0.25) is 0 Å². The van der Waals surface area contributed by atoms with E-state index in [2.05, 4.69) is 15.5 Å². The minimum atomic E-state index is -0.430. The maximum atomic E-state index is 12.2. The lowest BCUT2D eigenvalue weighted by Crippen LogP contribution is -2.46. The first-order valence-corrected chi connectivity index (χ1v) is 7.87. The first kappa shape index (κ1) is 16.0. The monoisotopic (exact) mass is 321 g/mol. The number of nitrogens with zero attached hydrogens (tertiary/aromatic N) is 1. The first-order valence-electron chi connectivity index (χ1n) is 7.87. The summed E-state index contributed by atoms with van der Waals surface area (Å²) in [6.07, 6.45) is -0.430. The Labute approximate surface area is 135 Å². The molecule has 0 aromatic heterocycles. The van der Waals surface area contributed by atoms with E-state index < -0.39 is 6.23 Å². The zero-order valence-corrected chi connectivity index (χ0v) is 13.6. The molecular weight excluding hydrogens is 298 g/mol. The van der Waals surface area contributed by atoms with Gasteiger partial charge in [-0.25, -0.2) is 4.79 Å². The molecule has 2 heterocycles. The van der Waals surface area contributed by atoms with E-state index in [1.165, 1.54) is 7.11 Å². The van der Waals surface area contributed by atoms with Crippen LogP contribution in [0.15, 0.2) is 12.1 Å². The van der Waals surface area contributed by atoms with Crippen LogP contribution in [0.4, 0.5) is 0 Å². The molecule has 0 saturated carbocycles. The third-order valence-corrected chi connectivity index (χ3v) is 4.26. The topological polar surface area (TPSA) is 72.1 Å². The van der Waals surface area contributed by atoms with E-state index in [1.54, 1.807) is 13.2 Å². The lowest BCUT2D eigenvalue weighted by molar-refractivity contribution is 0.0300. The number of cyclic esters (lactones) is 1. The number of methoxy groups -OCH3 is 2. The maximum absolute atomic E-state index is 12.2. The van der Waals surface area contributed by atoms with E-state index in [4.69, 9.17) is 14.2 Å². The third kappa shape index (κ3) is 3.26. The lowest BCUT2D eigenvalue weighted by atomic mass is 10.1. The van der Waals surface area contributed by atoms with E-state index >= 15 is 0 Å². The van der Waals surface area contributed by atoms with E-state index in [1.807, 2.05) is 6.07 Å². The van der Waals surface area contributed by atoms with Crippen LogP contribution in [0.3, 0.4) is 0 Å². The number of fused-ring (bicyclic) bond motifs is 1. The number of rotatable bonds is 6. The molecule has 1 fully saturated rings. The van der Waals surface area contributed by atoms with Gasteiger partial charge in [-0.15, -0.1) is 0 Å². The zero-order valence-electron chi connectivity index (χ0n) is 13.6. The van der Waals surface area contributed by atoms with Crippen LogP contribution >= 0.6 is 0 Å². The van der Waals surface area contributed by atoms with E-state index in [0.717, 1.165) is 44.8 Å². The van der Waals surface area contributed by atoms with Crippen LogP contribution in [-0.2, 0) is 4.74 Å². The van der Waals surface area contributed by atoms with Gasteiger partial charge >= 0.3 is 5.97 Å². The van der Waals surface area contributed by atoms with Gasteiger partial charge in [0.25, 0.3) is 0 Å². The molecule has 2 N–H and O–H groups in total. The Morgan fingerprint density at radius 2 is 2.09 bits per heavy atom. The second kappa shape index (κ2) is 7.16. The molecule has 0 amide bonds. The smallest absolute Gasteiger partial charge is 0.344 e. The minimum absolute atomic E-state index is 0.379. The molecule has 1 aromatic carbocycles. The Morgan fingerprint density at radius 3 is 2.78 bits per heavy atom. The third-order valence-electron chi connectivity index (χ3n) is 4.26. The van der Waals surface area contributed by atoms with Crippen molar-refractivity contribution >= 4 is 5.97 Å². The van der Waals surface area contributed by atoms with E-state index in [9.17, 15) is 4.79 Å². The number of hydrogen-bond donors (Lipinski definition) is 2. The van der Waals surface area contributed by atoms with Crippen LogP contribution < -0.4 is 20.1 Å². The van der Waals surface area contributed by atoms with Gasteiger partial charge in [-0.3, -0.25) is 10.2 Å². The fourth-order valence-corrected chi connectivity index (χ4v) is 3.04. The van der Waals surface area contributed by atoms with Gasteiger partial charge in [0, 0.05) is 44.8 Å². The summed E-state index contributed by atoms with van der Waals surface area (Å²) in [5.41, 5.74) is 1.25. The summed E-state index contributed by atoms with van der Waals surface area (Å²) in [7, 11) is 3.07. The molecule has 0 spiro atoms. The average molecular weight is 321 g/mol. The fourth-order valence-electron chi connectivity index (χ4n) is 3.04. The van der Waals surface area contributed by atoms with Crippen LogP contribution in [-0.4, -0.2) is 64.4 Å². The zero-order chi connectivity index (χ0) is 16.2. The number of hydrogen-bond acceptors (Lipinski definition) is 7. The Bertz CT molecular complexity index is 573. The van der Waals surface area contributed by atoms with Crippen molar-refractivity contribution in [3.05, 3.63) is 23.3 Å². The summed E-state index contributed by atoms with van der Waals surface area (Å²) < 4.78 is 16.0. The van der Waals surface area contributed by atoms with Crippen LogP contribution in [0, 0.1) is 0 Å². The van der Waals surface area contributed by atoms with Crippen molar-refractivity contribution in [2.45, 2.75) is 6.23 Å². The molecule has 1 atom stereocenters. The largest absolute Gasteiger partial charge is 0.493 e. The van der Waals surface area contributed by atoms with Gasteiger partial charge in [-0.2, -0.15) is 0 Å². The molecule has 2 aliphatic rings. The van der Waals surface area contributed by atoms with Gasteiger partial charge in [0.1, 0.15) is 5.56 Å². The van der Waals surface area contributed by atoms with E-state index in [-0.39, 0.29) is 5.97 Å². The summed E-state index contributed by atoms with van der Waals surface area (Å²) in [5, 5.41) is 6.63. The number of carbonyl (C=O) groups excluding carboxylic acids is 1. The van der Waals surface area contributed by atoms with Crippen molar-refractivity contribution < 1.29 is 19.0 Å². The molecule has 1 saturated heterocycles. The summed E-state index contributed by atoms with van der Waals surface area (Å²) in [5.74, 6) is 0.585. The fraction of sp³-hybridized carbons (Fsp3) is 0.562. The molecule has 0 bridgehead atoms. The van der Waals surface area contributed by atoms with Crippen molar-refractivity contribution in [3.8, 4) is 11.5 Å². The highest BCUT2D eigenvalue weighted by atomic mass is 16.6. The molecule has 0 unspecified atom stereocenters. The number of benzene rings is 1. The highest BCUT2D eigenvalue weighted by molar-refractivity contribution is 5.98. The quantitative estimate of drug-likeness (QED) is 0.733. The molecule has 1 aromatic rings. The van der Waals surface area contributed by atoms with Gasteiger partial charge in [-0.1, -0.05) is 0 Å². The Balaban J connectivity index is 1.66. The summed E-state index contributed by atoms with van der Waals surface area (Å²) >= 11 is 0. The minimum Gasteiger partial charge on any atom is -0.493 e. The van der Waals surface area contributed by atoms with Gasteiger partial charge in [0.05, 0.1) is 14.2 Å². The summed E-state index contributed by atoms with van der Waals surface area (Å²) in [6.45, 7) is 5.84. The van der Waals surface area contributed by atoms with Gasteiger partial charge in [0.15, 0.2) is 17.7 Å². The lowest BCUT2D eigenvalue weighted by Gasteiger charge is -2.27. The molecule has 0 aliphatic carbocycles. The van der Waals surface area contributed by atoms with Crippen molar-refractivity contribution in [2.75, 3.05) is 53.5 Å². The standard InChI is InChI=1S/C16H23N3O4/c1-21-12-4-3-11-13(14(12)22-2)16(20)23-15(11)18-7-10-19-8-5-17-6-9-19/h3-4,15,17-18H,5-10H2,1-2H3/t15-/m0/s1. The SMILES string of the molecule is COc1ccc2c(c1OC)C(=O)O[C@@H]2NCCN1CCNCC1. The first-order chi connectivity index (χ1) is 11.2. The van der Waals surface area contributed by atoms with Gasteiger partial charge < -0.3 is 19.5 Å². The van der Waals surface area contributed by atoms with Crippen molar-refractivity contribution in [2.24, 2.45) is 0 Å². The number of ether oxygens (including phenoxy) is 3. The molecule has 3 rings (SSSR count). The Kier molecular flexibility index (Phi) is 5.00. The van der Waals surface area contributed by atoms with E-state index in [0.29, 0.717) is 17.1 Å². The normalized spacial score (nSPS) is 21.0. The molecule has 7 nitrogen and oxygen atoms in total. The second-order valence-corrected chi connectivity index (χ2v) is 5.60. The second-order valence-electron chi connectivity index (χ2n) is 5.60. The molecule has 2 aliphatic heterocycles. The maximum Gasteiger partial charge on any atom is 0.344 e. The predicted molar refractivity (Wildman–Crippen MR) is 85.0 cm³/mol. The highest BCUT2D eigenvalue weighted by Gasteiger charge is 2.35. The van der Waals surface area contributed by atoms with Gasteiger partial charge in [-0.05, 0) is 12.1 Å². The highest BCUT2D eigenvalue weighted by Crippen LogP contribution is 2.40. The molecule has 7 heteroatoms. The average Bonchev–Trinajstić information content (AvgIpc) is 2.91. The summed E-state index contributed by atoms with van der Waals surface area (Å²) in [4.78, 5) is 14.6. The number of carbonyl (C=O) groups is 1. The van der Waals surface area contributed by atoms with Crippen molar-refractivity contribution in [1.29, 1.82) is 0 Å². The van der Waals surface area contributed by atoms with Crippen LogP contribution in [0.1, 0.15) is 22.1 Å². The number of esters is 1. The molecular formula is C16H23N3O4. The van der Waals surface area contributed by atoms with Crippen LogP contribution in [0.25, 0.3) is 0 Å². The predicted octanol–water partition coefficient (Wildman–Crippen LogP) is 0.368. The van der Waals surface area contributed by atoms with Crippen molar-refractivity contribution in [3.63, 3.8) is 0 Å². The number of piperazine rings is 1. The summed E-state index contributed by atoms with van der Waals surface area (Å²) in [6, 6.07) is 3.65. The molecule has 23 heavy (non-hydrogen) atoms. The van der Waals surface area contributed by atoms with Crippen LogP contribution in [0.5, 0.6) is 11.5 Å². The number of nitrogens with one attached hydrogen (secondary N) is 2. The molecule has 126 valence electrons. The Morgan fingerprint density at radius 1 is 1.30 bits per heavy atom. The van der Waals surface area contributed by atoms with Crippen molar-refractivity contribution in [1.82, 2.24) is 15.5 Å².